The summed E-state index contributed by atoms with van der Waals surface area (Å²) >= 11 is 0. The molecule has 20 heavy (non-hydrogen) atoms. The fourth-order valence-electron chi connectivity index (χ4n) is 1.74. The minimum Gasteiger partial charge on any atom is -0.387 e. The highest BCUT2D eigenvalue weighted by molar-refractivity contribution is 6.02. The Kier molecular flexibility index (Phi) is 4.34. The fourth-order valence-corrected chi connectivity index (χ4v) is 1.74. The summed E-state index contributed by atoms with van der Waals surface area (Å²) in [5.41, 5.74) is 6.41. The molecule has 0 saturated carbocycles. The molecule has 2 aromatic rings. The standard InChI is InChI=1S/C15H15N3O2/c1-16-13-10-6-5-9-12(13)15(20)18-17-14(19)11-7-3-2-4-8-11/h2-10,16H,1H3,(H,17,19)(H,18,20). The van der Waals surface area contributed by atoms with Crippen molar-refractivity contribution in [1.82, 2.24) is 10.9 Å². The van der Waals surface area contributed by atoms with Crippen molar-refractivity contribution in [3.63, 3.8) is 0 Å². The molecule has 0 heterocycles. The summed E-state index contributed by atoms with van der Waals surface area (Å²) in [4.78, 5) is 23.8. The van der Waals surface area contributed by atoms with Gasteiger partial charge in [-0.15, -0.1) is 0 Å². The topological polar surface area (TPSA) is 70.2 Å². The Labute approximate surface area is 117 Å². The summed E-state index contributed by atoms with van der Waals surface area (Å²) in [6, 6.07) is 15.7. The molecule has 0 saturated heterocycles. The molecule has 102 valence electrons. The Bertz CT molecular complexity index is 612. The highest BCUT2D eigenvalue weighted by Crippen LogP contribution is 2.13. The normalized spacial score (nSPS) is 9.65. The molecule has 2 amide bonds. The number of carbonyl (C=O) groups is 2. The lowest BCUT2D eigenvalue weighted by Gasteiger charge is -2.10. The minimum absolute atomic E-state index is 0.360. The van der Waals surface area contributed by atoms with Crippen LogP contribution in [0.4, 0.5) is 5.69 Å². The molecule has 3 N–H and O–H groups in total. The average molecular weight is 269 g/mol. The zero-order valence-corrected chi connectivity index (χ0v) is 11.0. The summed E-state index contributed by atoms with van der Waals surface area (Å²) in [6.45, 7) is 0. The first-order valence-corrected chi connectivity index (χ1v) is 6.15. The van der Waals surface area contributed by atoms with Crippen molar-refractivity contribution in [2.75, 3.05) is 12.4 Å². The maximum atomic E-state index is 12.0. The molecule has 0 atom stereocenters. The van der Waals surface area contributed by atoms with E-state index in [1.54, 1.807) is 49.5 Å². The van der Waals surface area contributed by atoms with Gasteiger partial charge in [0.25, 0.3) is 11.8 Å². The number of carbonyl (C=O) groups excluding carboxylic acids is 2. The van der Waals surface area contributed by atoms with Crippen LogP contribution in [0.1, 0.15) is 20.7 Å². The molecule has 5 heteroatoms. The molecule has 0 unspecified atom stereocenters. The number of hydrogen-bond acceptors (Lipinski definition) is 3. The van der Waals surface area contributed by atoms with E-state index in [0.717, 1.165) is 0 Å². The van der Waals surface area contributed by atoms with E-state index in [4.69, 9.17) is 0 Å². The molecule has 0 aliphatic carbocycles. The average Bonchev–Trinajstić information content (AvgIpc) is 2.53. The van der Waals surface area contributed by atoms with Crippen LogP contribution in [-0.4, -0.2) is 18.9 Å². The number of hydrazine groups is 1. The second-order valence-corrected chi connectivity index (χ2v) is 4.07. The lowest BCUT2D eigenvalue weighted by molar-refractivity contribution is 0.0847. The van der Waals surface area contributed by atoms with Crippen molar-refractivity contribution in [3.8, 4) is 0 Å². The molecular weight excluding hydrogens is 254 g/mol. The van der Waals surface area contributed by atoms with E-state index in [-0.39, 0.29) is 11.8 Å². The van der Waals surface area contributed by atoms with Gasteiger partial charge in [-0.05, 0) is 24.3 Å². The molecule has 0 aliphatic heterocycles. The SMILES string of the molecule is CNc1ccccc1C(=O)NNC(=O)c1ccccc1. The first kappa shape index (κ1) is 13.6. The zero-order chi connectivity index (χ0) is 14.4. The Morgan fingerprint density at radius 2 is 1.40 bits per heavy atom. The number of para-hydroxylation sites is 1. The monoisotopic (exact) mass is 269 g/mol. The van der Waals surface area contributed by atoms with Crippen LogP contribution < -0.4 is 16.2 Å². The molecule has 5 nitrogen and oxygen atoms in total. The molecule has 2 rings (SSSR count). The maximum absolute atomic E-state index is 12.0. The van der Waals surface area contributed by atoms with Crippen molar-refractivity contribution < 1.29 is 9.59 Å². The van der Waals surface area contributed by atoms with Gasteiger partial charge in [-0.25, -0.2) is 0 Å². The van der Waals surface area contributed by atoms with Gasteiger partial charge in [0.05, 0.1) is 5.56 Å². The van der Waals surface area contributed by atoms with Gasteiger partial charge in [-0.1, -0.05) is 30.3 Å². The van der Waals surface area contributed by atoms with E-state index in [2.05, 4.69) is 16.2 Å². The lowest BCUT2D eigenvalue weighted by Crippen LogP contribution is -2.41. The van der Waals surface area contributed by atoms with Gasteiger partial charge < -0.3 is 5.32 Å². The predicted molar refractivity (Wildman–Crippen MR) is 77.4 cm³/mol. The Hall–Kier alpha value is -2.82. The van der Waals surface area contributed by atoms with E-state index < -0.39 is 0 Å². The van der Waals surface area contributed by atoms with Crippen LogP contribution in [0.3, 0.4) is 0 Å². The van der Waals surface area contributed by atoms with Crippen LogP contribution in [0, 0.1) is 0 Å². The molecule has 0 aliphatic rings. The summed E-state index contributed by atoms with van der Waals surface area (Å²) in [5.74, 6) is -0.736. The molecule has 0 bridgehead atoms. The number of rotatable bonds is 3. The van der Waals surface area contributed by atoms with Gasteiger partial charge in [0.15, 0.2) is 0 Å². The Morgan fingerprint density at radius 3 is 2.10 bits per heavy atom. The second-order valence-electron chi connectivity index (χ2n) is 4.07. The van der Waals surface area contributed by atoms with Gasteiger partial charge in [0, 0.05) is 18.3 Å². The molecule has 0 fully saturated rings. The Balaban J connectivity index is 2.01. The smallest absolute Gasteiger partial charge is 0.271 e. The number of nitrogens with one attached hydrogen (secondary N) is 3. The molecular formula is C15H15N3O2. The van der Waals surface area contributed by atoms with Crippen molar-refractivity contribution >= 4 is 17.5 Å². The van der Waals surface area contributed by atoms with Gasteiger partial charge in [-0.3, -0.25) is 20.4 Å². The second kappa shape index (κ2) is 6.38. The summed E-state index contributed by atoms with van der Waals surface area (Å²) < 4.78 is 0. The van der Waals surface area contributed by atoms with E-state index in [9.17, 15) is 9.59 Å². The van der Waals surface area contributed by atoms with Crippen LogP contribution in [0.5, 0.6) is 0 Å². The minimum atomic E-state index is -0.376. The van der Waals surface area contributed by atoms with Crippen molar-refractivity contribution in [3.05, 3.63) is 65.7 Å². The van der Waals surface area contributed by atoms with Crippen molar-refractivity contribution in [2.24, 2.45) is 0 Å². The Morgan fingerprint density at radius 1 is 0.800 bits per heavy atom. The third kappa shape index (κ3) is 3.14. The van der Waals surface area contributed by atoms with E-state index in [1.165, 1.54) is 0 Å². The number of amides is 2. The fraction of sp³-hybridized carbons (Fsp3) is 0.0667. The van der Waals surface area contributed by atoms with Crippen molar-refractivity contribution in [1.29, 1.82) is 0 Å². The first-order chi connectivity index (χ1) is 9.72. The van der Waals surface area contributed by atoms with Crippen LogP contribution >= 0.6 is 0 Å². The van der Waals surface area contributed by atoms with E-state index in [0.29, 0.717) is 16.8 Å². The third-order valence-electron chi connectivity index (χ3n) is 2.77. The number of benzene rings is 2. The van der Waals surface area contributed by atoms with E-state index >= 15 is 0 Å². The zero-order valence-electron chi connectivity index (χ0n) is 11.0. The lowest BCUT2D eigenvalue weighted by atomic mass is 10.1. The van der Waals surface area contributed by atoms with Gasteiger partial charge in [-0.2, -0.15) is 0 Å². The maximum Gasteiger partial charge on any atom is 0.271 e. The quantitative estimate of drug-likeness (QED) is 0.744. The summed E-state index contributed by atoms with van der Waals surface area (Å²) in [6.07, 6.45) is 0. The molecule has 2 aromatic carbocycles. The molecule has 0 aromatic heterocycles. The highest BCUT2D eigenvalue weighted by Gasteiger charge is 2.11. The largest absolute Gasteiger partial charge is 0.387 e. The summed E-state index contributed by atoms with van der Waals surface area (Å²) in [5, 5.41) is 2.92. The number of hydrogen-bond donors (Lipinski definition) is 3. The number of anilines is 1. The van der Waals surface area contributed by atoms with Crippen molar-refractivity contribution in [2.45, 2.75) is 0 Å². The first-order valence-electron chi connectivity index (χ1n) is 6.15. The third-order valence-corrected chi connectivity index (χ3v) is 2.77. The van der Waals surface area contributed by atoms with Crippen LogP contribution in [0.25, 0.3) is 0 Å². The van der Waals surface area contributed by atoms with Crippen LogP contribution in [0.2, 0.25) is 0 Å². The molecule has 0 radical (unpaired) electrons. The van der Waals surface area contributed by atoms with Gasteiger partial charge in [0.1, 0.15) is 0 Å². The van der Waals surface area contributed by atoms with Crippen LogP contribution in [0.15, 0.2) is 54.6 Å². The predicted octanol–water partition coefficient (Wildman–Crippen LogP) is 1.80. The van der Waals surface area contributed by atoms with E-state index in [1.807, 2.05) is 12.1 Å². The molecule has 0 spiro atoms. The van der Waals surface area contributed by atoms with Crippen LogP contribution in [-0.2, 0) is 0 Å². The summed E-state index contributed by atoms with van der Waals surface area (Å²) in [7, 11) is 1.73. The van der Waals surface area contributed by atoms with Gasteiger partial charge in [0.2, 0.25) is 0 Å². The highest BCUT2D eigenvalue weighted by atomic mass is 16.2. The van der Waals surface area contributed by atoms with Gasteiger partial charge >= 0.3 is 0 Å².